The molecule has 7 heteroatoms. The van der Waals surface area contributed by atoms with E-state index in [1.807, 2.05) is 0 Å². The molecule has 0 aliphatic rings. The predicted octanol–water partition coefficient (Wildman–Crippen LogP) is 5.01. The van der Waals surface area contributed by atoms with Crippen molar-refractivity contribution in [1.29, 1.82) is 0 Å². The molecule has 1 amide bonds. The summed E-state index contributed by atoms with van der Waals surface area (Å²) >= 11 is 6.12. The summed E-state index contributed by atoms with van der Waals surface area (Å²) in [7, 11) is 0. The first-order chi connectivity index (χ1) is 13.5. The second-order valence-corrected chi connectivity index (χ2v) is 6.41. The molecule has 0 fully saturated rings. The van der Waals surface area contributed by atoms with Crippen molar-refractivity contribution < 1.29 is 18.3 Å². The lowest BCUT2D eigenvalue weighted by atomic mass is 10.1. The number of hydrogen-bond acceptors (Lipinski definition) is 3. The van der Waals surface area contributed by atoms with Gasteiger partial charge in [0.15, 0.2) is 17.7 Å². The second kappa shape index (κ2) is 8.80. The van der Waals surface area contributed by atoms with Crippen molar-refractivity contribution in [3.63, 3.8) is 0 Å². The van der Waals surface area contributed by atoms with Crippen LogP contribution < -0.4 is 9.64 Å². The van der Waals surface area contributed by atoms with Crippen molar-refractivity contribution in [1.82, 2.24) is 4.98 Å². The summed E-state index contributed by atoms with van der Waals surface area (Å²) in [5.41, 5.74) is 0.154. The lowest BCUT2D eigenvalue weighted by Crippen LogP contribution is -2.41. The average molecular weight is 403 g/mol. The number of carbonyl (C=O) groups excluding carboxylic acids is 1. The van der Waals surface area contributed by atoms with Gasteiger partial charge in [0.2, 0.25) is 0 Å². The zero-order valence-electron chi connectivity index (χ0n) is 15.0. The van der Waals surface area contributed by atoms with Crippen molar-refractivity contribution in [3.8, 4) is 5.75 Å². The molecule has 0 aliphatic heterocycles. The lowest BCUT2D eigenvalue weighted by Gasteiger charge is -2.26. The van der Waals surface area contributed by atoms with Gasteiger partial charge in [0, 0.05) is 16.8 Å². The number of para-hydroxylation sites is 1. The molecule has 3 rings (SSSR count). The number of anilines is 1. The van der Waals surface area contributed by atoms with Crippen molar-refractivity contribution >= 4 is 23.3 Å². The number of pyridine rings is 1. The van der Waals surface area contributed by atoms with Crippen molar-refractivity contribution in [2.75, 3.05) is 4.90 Å². The number of amides is 1. The van der Waals surface area contributed by atoms with E-state index in [-0.39, 0.29) is 22.9 Å². The first-order valence-corrected chi connectivity index (χ1v) is 8.91. The number of carbonyl (C=O) groups is 1. The molecule has 4 nitrogen and oxygen atoms in total. The maximum absolute atomic E-state index is 14.3. The lowest BCUT2D eigenvalue weighted by molar-refractivity contribution is -0.124. The molecular formula is C21H17ClF2N2O2. The van der Waals surface area contributed by atoms with Gasteiger partial charge in [-0.3, -0.25) is 9.69 Å². The topological polar surface area (TPSA) is 42.4 Å². The van der Waals surface area contributed by atoms with E-state index < -0.39 is 23.6 Å². The third-order valence-corrected chi connectivity index (χ3v) is 4.41. The van der Waals surface area contributed by atoms with Crippen LogP contribution in [0.4, 0.5) is 14.6 Å². The summed E-state index contributed by atoms with van der Waals surface area (Å²) in [5.74, 6) is -1.38. The smallest absolute Gasteiger partial charge is 0.269 e. The number of benzene rings is 2. The highest BCUT2D eigenvalue weighted by molar-refractivity contribution is 6.31. The van der Waals surface area contributed by atoms with Crippen molar-refractivity contribution in [2.24, 2.45) is 0 Å². The van der Waals surface area contributed by atoms with Crippen LogP contribution in [0.5, 0.6) is 5.75 Å². The SMILES string of the molecule is C[C@@H](Oc1ccccc1F)C(=O)N(Cc1c(F)cccc1Cl)c1ccccn1. The number of rotatable bonds is 6. The van der Waals surface area contributed by atoms with Crippen LogP contribution in [0, 0.1) is 11.6 Å². The van der Waals surface area contributed by atoms with Crippen LogP contribution in [0.25, 0.3) is 0 Å². The Bertz CT molecular complexity index is 949. The van der Waals surface area contributed by atoms with Crippen LogP contribution in [0.15, 0.2) is 66.9 Å². The van der Waals surface area contributed by atoms with Crippen molar-refractivity contribution in [3.05, 3.63) is 89.1 Å². The molecule has 0 N–H and O–H groups in total. The number of aromatic nitrogens is 1. The molecule has 1 heterocycles. The monoisotopic (exact) mass is 402 g/mol. The van der Waals surface area contributed by atoms with E-state index in [0.29, 0.717) is 5.82 Å². The molecule has 0 spiro atoms. The molecule has 2 aromatic carbocycles. The number of halogens is 3. The Morgan fingerprint density at radius 2 is 1.79 bits per heavy atom. The highest BCUT2D eigenvalue weighted by Crippen LogP contribution is 2.25. The van der Waals surface area contributed by atoms with Gasteiger partial charge in [-0.2, -0.15) is 0 Å². The summed E-state index contributed by atoms with van der Waals surface area (Å²) in [6.07, 6.45) is 0.477. The third-order valence-electron chi connectivity index (χ3n) is 4.06. The van der Waals surface area contributed by atoms with Gasteiger partial charge in [0.1, 0.15) is 11.6 Å². The second-order valence-electron chi connectivity index (χ2n) is 6.00. The molecule has 144 valence electrons. The largest absolute Gasteiger partial charge is 0.478 e. The number of hydrogen-bond donors (Lipinski definition) is 0. The van der Waals surface area contributed by atoms with Crippen LogP contribution in [-0.2, 0) is 11.3 Å². The fourth-order valence-corrected chi connectivity index (χ4v) is 2.85. The van der Waals surface area contributed by atoms with Crippen molar-refractivity contribution in [2.45, 2.75) is 19.6 Å². The fourth-order valence-electron chi connectivity index (χ4n) is 2.63. The van der Waals surface area contributed by atoms with E-state index in [9.17, 15) is 13.6 Å². The summed E-state index contributed by atoms with van der Waals surface area (Å²) in [6.45, 7) is 1.35. The normalized spacial score (nSPS) is 11.7. The zero-order chi connectivity index (χ0) is 20.1. The molecule has 28 heavy (non-hydrogen) atoms. The van der Waals surface area contributed by atoms with Crippen LogP contribution in [-0.4, -0.2) is 17.0 Å². The standard InChI is InChI=1S/C21H17ClF2N2O2/c1-14(28-19-10-3-2-8-18(19)24)21(27)26(20-11-4-5-12-25-20)13-15-16(22)7-6-9-17(15)23/h2-12,14H,13H2,1H3/t14-/m1/s1. The van der Waals surface area contributed by atoms with E-state index in [0.717, 1.165) is 0 Å². The number of nitrogens with zero attached hydrogens (tertiary/aromatic N) is 2. The Labute approximate surface area is 166 Å². The van der Waals surface area contributed by atoms with Crippen LogP contribution >= 0.6 is 11.6 Å². The van der Waals surface area contributed by atoms with Crippen LogP contribution in [0.1, 0.15) is 12.5 Å². The van der Waals surface area contributed by atoms with Gasteiger partial charge in [-0.1, -0.05) is 35.9 Å². The van der Waals surface area contributed by atoms with E-state index in [1.54, 1.807) is 30.3 Å². The molecule has 1 atom stereocenters. The minimum absolute atomic E-state index is 0.0479. The summed E-state index contributed by atoms with van der Waals surface area (Å²) in [4.78, 5) is 18.5. The van der Waals surface area contributed by atoms with Gasteiger partial charge in [0.05, 0.1) is 6.54 Å². The Hall–Kier alpha value is -2.99. The Kier molecular flexibility index (Phi) is 6.21. The molecule has 0 bridgehead atoms. The summed E-state index contributed by atoms with van der Waals surface area (Å²) in [6, 6.07) is 15.1. The molecule has 0 radical (unpaired) electrons. The predicted molar refractivity (Wildman–Crippen MR) is 103 cm³/mol. The van der Waals surface area contributed by atoms with Gasteiger partial charge in [0.25, 0.3) is 5.91 Å². The van der Waals surface area contributed by atoms with Crippen LogP contribution in [0.3, 0.4) is 0 Å². The van der Waals surface area contributed by atoms with Gasteiger partial charge in [-0.25, -0.2) is 13.8 Å². The molecule has 0 saturated heterocycles. The molecule has 0 saturated carbocycles. The van der Waals surface area contributed by atoms with Gasteiger partial charge < -0.3 is 4.74 Å². The zero-order valence-corrected chi connectivity index (χ0v) is 15.7. The first kappa shape index (κ1) is 19.8. The molecule has 3 aromatic rings. The molecular weight excluding hydrogens is 386 g/mol. The minimum Gasteiger partial charge on any atom is -0.478 e. The maximum atomic E-state index is 14.3. The fraction of sp³-hybridized carbons (Fsp3) is 0.143. The summed E-state index contributed by atoms with van der Waals surface area (Å²) in [5, 5.41) is 0.191. The number of ether oxygens (including phenoxy) is 1. The highest BCUT2D eigenvalue weighted by Gasteiger charge is 2.27. The van der Waals surface area contributed by atoms with Gasteiger partial charge in [-0.05, 0) is 43.3 Å². The quantitative estimate of drug-likeness (QED) is 0.581. The Morgan fingerprint density at radius 1 is 1.07 bits per heavy atom. The van der Waals surface area contributed by atoms with E-state index >= 15 is 0 Å². The Morgan fingerprint density at radius 3 is 2.46 bits per heavy atom. The van der Waals surface area contributed by atoms with E-state index in [4.69, 9.17) is 16.3 Å². The average Bonchev–Trinajstić information content (AvgIpc) is 2.70. The molecule has 0 aliphatic carbocycles. The van der Waals surface area contributed by atoms with Gasteiger partial charge in [-0.15, -0.1) is 0 Å². The maximum Gasteiger partial charge on any atom is 0.269 e. The molecule has 1 aromatic heterocycles. The minimum atomic E-state index is -1.04. The van der Waals surface area contributed by atoms with E-state index in [2.05, 4.69) is 4.98 Å². The summed E-state index contributed by atoms with van der Waals surface area (Å²) < 4.78 is 33.6. The first-order valence-electron chi connectivity index (χ1n) is 8.54. The van der Waals surface area contributed by atoms with E-state index in [1.165, 1.54) is 48.4 Å². The van der Waals surface area contributed by atoms with Gasteiger partial charge >= 0.3 is 0 Å². The highest BCUT2D eigenvalue weighted by atomic mass is 35.5. The Balaban J connectivity index is 1.90. The third kappa shape index (κ3) is 4.46. The molecule has 0 unspecified atom stereocenters. The van der Waals surface area contributed by atoms with Crippen LogP contribution in [0.2, 0.25) is 5.02 Å².